The van der Waals surface area contributed by atoms with E-state index in [1.165, 1.54) is 4.90 Å². The molecule has 1 aliphatic heterocycles. The van der Waals surface area contributed by atoms with E-state index in [1.807, 2.05) is 12.1 Å². The number of pyridine rings is 1. The predicted molar refractivity (Wildman–Crippen MR) is 156 cm³/mol. The summed E-state index contributed by atoms with van der Waals surface area (Å²) < 4.78 is 12.5. The quantitative estimate of drug-likeness (QED) is 0.319. The van der Waals surface area contributed by atoms with Gasteiger partial charge in [0, 0.05) is 62.3 Å². The topological polar surface area (TPSA) is 105 Å². The average Bonchev–Trinajstić information content (AvgIpc) is 3.44. The summed E-state index contributed by atoms with van der Waals surface area (Å²) in [7, 11) is 3.22. The van der Waals surface area contributed by atoms with Crippen LogP contribution in [0.2, 0.25) is 5.02 Å². The lowest BCUT2D eigenvalue weighted by Crippen LogP contribution is -2.38. The number of carbonyl (C=O) groups excluding carboxylic acids is 3. The Morgan fingerprint density at radius 2 is 1.80 bits per heavy atom. The van der Waals surface area contributed by atoms with Crippen LogP contribution in [-0.2, 0) is 9.47 Å². The van der Waals surface area contributed by atoms with E-state index in [4.69, 9.17) is 21.1 Å². The minimum Gasteiger partial charge on any atom is -0.461 e. The highest BCUT2D eigenvalue weighted by atomic mass is 35.5. The second-order valence-electron chi connectivity index (χ2n) is 9.58. The first-order valence-corrected chi connectivity index (χ1v) is 13.6. The number of nitrogens with zero attached hydrogens (tertiary/aromatic N) is 4. The van der Waals surface area contributed by atoms with Gasteiger partial charge in [-0.15, -0.1) is 0 Å². The number of carbonyl (C=O) groups is 3. The first-order valence-electron chi connectivity index (χ1n) is 13.2. The molecule has 3 heterocycles. The SMILES string of the molecule is CNC(=O)c1ccc(-c2cnn3ccc(C(=O)N(C)c4ccc(Cl)c(C(=O)OCCN5CCOCC5)c4)cc23)cc1. The number of hydrogen-bond acceptors (Lipinski definition) is 7. The summed E-state index contributed by atoms with van der Waals surface area (Å²) in [5.41, 5.74) is 4.09. The van der Waals surface area contributed by atoms with Crippen LogP contribution in [-0.4, -0.2) is 85.8 Å². The molecule has 41 heavy (non-hydrogen) atoms. The molecule has 2 aromatic carbocycles. The maximum atomic E-state index is 13.5. The highest BCUT2D eigenvalue weighted by molar-refractivity contribution is 6.33. The van der Waals surface area contributed by atoms with Crippen LogP contribution >= 0.6 is 11.6 Å². The zero-order chi connectivity index (χ0) is 28.9. The third-order valence-electron chi connectivity index (χ3n) is 7.06. The molecule has 10 nitrogen and oxygen atoms in total. The molecule has 5 rings (SSSR count). The maximum absolute atomic E-state index is 13.5. The van der Waals surface area contributed by atoms with Gasteiger partial charge in [0.2, 0.25) is 0 Å². The number of halogens is 1. The van der Waals surface area contributed by atoms with Crippen molar-refractivity contribution < 1.29 is 23.9 Å². The van der Waals surface area contributed by atoms with E-state index in [0.717, 1.165) is 29.7 Å². The lowest BCUT2D eigenvalue weighted by molar-refractivity contribution is 0.0195. The number of hydrogen-bond donors (Lipinski definition) is 1. The molecule has 212 valence electrons. The smallest absolute Gasteiger partial charge is 0.339 e. The Balaban J connectivity index is 1.32. The van der Waals surface area contributed by atoms with E-state index in [0.29, 0.717) is 36.6 Å². The fourth-order valence-electron chi connectivity index (χ4n) is 4.64. The molecule has 1 saturated heterocycles. The minimum absolute atomic E-state index is 0.168. The number of anilines is 1. The Bertz CT molecular complexity index is 1580. The molecule has 1 aliphatic rings. The van der Waals surface area contributed by atoms with Gasteiger partial charge in [0.05, 0.1) is 35.5 Å². The molecule has 4 aromatic rings. The molecule has 0 saturated carbocycles. The van der Waals surface area contributed by atoms with Gasteiger partial charge in [-0.2, -0.15) is 5.10 Å². The molecule has 2 amide bonds. The number of morpholine rings is 1. The molecule has 0 atom stereocenters. The molecule has 2 aromatic heterocycles. The summed E-state index contributed by atoms with van der Waals surface area (Å²) in [5, 5.41) is 7.26. The first kappa shape index (κ1) is 28.3. The lowest BCUT2D eigenvalue weighted by atomic mass is 10.0. The molecular formula is C30H30ClN5O5. The summed E-state index contributed by atoms with van der Waals surface area (Å²) in [6.45, 7) is 3.79. The second kappa shape index (κ2) is 12.5. The molecule has 0 radical (unpaired) electrons. The average molecular weight is 576 g/mol. The Labute approximate surface area is 242 Å². The monoisotopic (exact) mass is 575 g/mol. The third kappa shape index (κ3) is 6.25. The van der Waals surface area contributed by atoms with Crippen LogP contribution in [0.4, 0.5) is 5.69 Å². The van der Waals surface area contributed by atoms with Crippen molar-refractivity contribution >= 4 is 40.6 Å². The van der Waals surface area contributed by atoms with Crippen LogP contribution in [0.3, 0.4) is 0 Å². The van der Waals surface area contributed by atoms with E-state index in [9.17, 15) is 14.4 Å². The van der Waals surface area contributed by atoms with Crippen molar-refractivity contribution in [1.29, 1.82) is 0 Å². The number of aromatic nitrogens is 2. The molecule has 0 spiro atoms. The van der Waals surface area contributed by atoms with Gasteiger partial charge in [-0.05, 0) is 48.0 Å². The van der Waals surface area contributed by atoms with Gasteiger partial charge in [0.25, 0.3) is 11.8 Å². The van der Waals surface area contributed by atoms with Crippen molar-refractivity contribution in [3.05, 3.63) is 88.7 Å². The molecule has 0 bridgehead atoms. The molecule has 0 unspecified atom stereocenters. The molecule has 0 aliphatic carbocycles. The van der Waals surface area contributed by atoms with Crippen LogP contribution < -0.4 is 10.2 Å². The zero-order valence-electron chi connectivity index (χ0n) is 22.8. The minimum atomic E-state index is -0.543. The molecule has 11 heteroatoms. The largest absolute Gasteiger partial charge is 0.461 e. The van der Waals surface area contributed by atoms with Gasteiger partial charge in [-0.3, -0.25) is 14.5 Å². The summed E-state index contributed by atoms with van der Waals surface area (Å²) in [5.74, 6) is -0.985. The van der Waals surface area contributed by atoms with Gasteiger partial charge in [-0.1, -0.05) is 23.7 Å². The van der Waals surface area contributed by atoms with E-state index < -0.39 is 5.97 Å². The van der Waals surface area contributed by atoms with Crippen molar-refractivity contribution in [2.45, 2.75) is 0 Å². The number of benzene rings is 2. The van der Waals surface area contributed by atoms with E-state index >= 15 is 0 Å². The Morgan fingerprint density at radius 3 is 2.54 bits per heavy atom. The zero-order valence-corrected chi connectivity index (χ0v) is 23.6. The van der Waals surface area contributed by atoms with E-state index in [1.54, 1.807) is 73.5 Å². The lowest BCUT2D eigenvalue weighted by Gasteiger charge is -2.26. The van der Waals surface area contributed by atoms with E-state index in [2.05, 4.69) is 15.3 Å². The summed E-state index contributed by atoms with van der Waals surface area (Å²) in [6.07, 6.45) is 3.44. The highest BCUT2D eigenvalue weighted by Crippen LogP contribution is 2.28. The van der Waals surface area contributed by atoms with Crippen LogP contribution in [0.15, 0.2) is 67.0 Å². The Hall–Kier alpha value is -4.25. The molecule has 1 fully saturated rings. The van der Waals surface area contributed by atoms with Crippen LogP contribution in [0.5, 0.6) is 0 Å². The number of esters is 1. The number of rotatable bonds is 8. The number of nitrogens with one attached hydrogen (secondary N) is 1. The van der Waals surface area contributed by atoms with Gasteiger partial charge >= 0.3 is 5.97 Å². The van der Waals surface area contributed by atoms with Gasteiger partial charge in [-0.25, -0.2) is 9.31 Å². The summed E-state index contributed by atoms with van der Waals surface area (Å²) in [4.78, 5) is 41.8. The first-order chi connectivity index (χ1) is 19.9. The Morgan fingerprint density at radius 1 is 1.05 bits per heavy atom. The molecule has 1 N–H and O–H groups in total. The number of ether oxygens (including phenoxy) is 2. The normalized spacial score (nSPS) is 13.6. The van der Waals surface area contributed by atoms with Gasteiger partial charge in [0.15, 0.2) is 0 Å². The van der Waals surface area contributed by atoms with Crippen LogP contribution in [0, 0.1) is 0 Å². The summed E-state index contributed by atoms with van der Waals surface area (Å²) in [6, 6.07) is 15.5. The fraction of sp³-hybridized carbons (Fsp3) is 0.267. The van der Waals surface area contributed by atoms with Crippen LogP contribution in [0.1, 0.15) is 31.1 Å². The van der Waals surface area contributed by atoms with Crippen LogP contribution in [0.25, 0.3) is 16.6 Å². The fourth-order valence-corrected chi connectivity index (χ4v) is 4.84. The van der Waals surface area contributed by atoms with Gasteiger partial charge in [0.1, 0.15) is 6.61 Å². The predicted octanol–water partition coefficient (Wildman–Crippen LogP) is 3.78. The van der Waals surface area contributed by atoms with Crippen molar-refractivity contribution in [2.24, 2.45) is 0 Å². The number of fused-ring (bicyclic) bond motifs is 1. The van der Waals surface area contributed by atoms with Crippen molar-refractivity contribution in [2.75, 3.05) is 58.5 Å². The second-order valence-corrected chi connectivity index (χ2v) is 9.99. The molecular weight excluding hydrogens is 546 g/mol. The standard InChI is InChI=1S/C30H30ClN5O5/c1-32-28(37)21-5-3-20(4-6-21)25-19-33-36-10-9-22(17-27(25)36)29(38)34(2)23-7-8-26(31)24(18-23)30(39)41-16-13-35-11-14-40-15-12-35/h3-10,17-19H,11-16H2,1-2H3,(H,32,37). The number of amides is 2. The third-order valence-corrected chi connectivity index (χ3v) is 7.39. The van der Waals surface area contributed by atoms with Crippen molar-refractivity contribution in [3.63, 3.8) is 0 Å². The van der Waals surface area contributed by atoms with Crippen molar-refractivity contribution in [1.82, 2.24) is 19.8 Å². The maximum Gasteiger partial charge on any atom is 0.339 e. The van der Waals surface area contributed by atoms with Crippen molar-refractivity contribution in [3.8, 4) is 11.1 Å². The highest BCUT2D eigenvalue weighted by Gasteiger charge is 2.20. The Kier molecular flexibility index (Phi) is 8.63. The van der Waals surface area contributed by atoms with E-state index in [-0.39, 0.29) is 29.0 Å². The summed E-state index contributed by atoms with van der Waals surface area (Å²) >= 11 is 6.32. The van der Waals surface area contributed by atoms with Gasteiger partial charge < -0.3 is 19.7 Å².